The maximum atomic E-state index is 13.7. The zero-order valence-electron chi connectivity index (χ0n) is 15.0. The predicted octanol–water partition coefficient (Wildman–Crippen LogP) is 4.16. The molecule has 1 aliphatic heterocycles. The van der Waals surface area contributed by atoms with E-state index in [1.54, 1.807) is 30.0 Å². The molecule has 0 radical (unpaired) electrons. The van der Waals surface area contributed by atoms with Crippen LogP contribution < -0.4 is 5.32 Å². The summed E-state index contributed by atoms with van der Waals surface area (Å²) in [4.78, 5) is 26.8. The summed E-state index contributed by atoms with van der Waals surface area (Å²) < 4.78 is 27.3. The van der Waals surface area contributed by atoms with Gasteiger partial charge in [0.05, 0.1) is 11.3 Å². The number of rotatable bonds is 4. The molecule has 1 saturated heterocycles. The number of aryl methyl sites for hydroxylation is 1. The van der Waals surface area contributed by atoms with Crippen LogP contribution in [0, 0.1) is 18.6 Å². The summed E-state index contributed by atoms with van der Waals surface area (Å²) in [7, 11) is 0. The number of nitrogens with zero attached hydrogens (tertiary/aromatic N) is 1. The molecule has 0 aromatic heterocycles. The van der Waals surface area contributed by atoms with Crippen molar-refractivity contribution in [2.24, 2.45) is 0 Å². The first kappa shape index (κ1) is 18.8. The van der Waals surface area contributed by atoms with Crippen LogP contribution in [0.15, 0.2) is 42.5 Å². The van der Waals surface area contributed by atoms with Crippen molar-refractivity contribution in [1.82, 2.24) is 4.90 Å². The fraction of sp³-hybridized carbons (Fsp3) is 0.238. The molecule has 140 valence electrons. The fourth-order valence-corrected chi connectivity index (χ4v) is 3.10. The van der Waals surface area contributed by atoms with Gasteiger partial charge in [-0.15, -0.1) is 0 Å². The SMILES string of the molecule is Cc1cccc(C(=O)N2CCCC2)c1NC(=O)/C=C/c1c(F)cccc1F. The van der Waals surface area contributed by atoms with Gasteiger partial charge in [-0.25, -0.2) is 8.78 Å². The average molecular weight is 370 g/mol. The van der Waals surface area contributed by atoms with Gasteiger partial charge >= 0.3 is 0 Å². The van der Waals surface area contributed by atoms with E-state index in [0.29, 0.717) is 24.3 Å². The summed E-state index contributed by atoms with van der Waals surface area (Å²) in [6.07, 6.45) is 4.07. The van der Waals surface area contributed by atoms with Crippen molar-refractivity contribution in [2.75, 3.05) is 18.4 Å². The van der Waals surface area contributed by atoms with Gasteiger partial charge in [0.1, 0.15) is 11.6 Å². The second-order valence-electron chi connectivity index (χ2n) is 6.45. The number of anilines is 1. The molecule has 1 aliphatic rings. The van der Waals surface area contributed by atoms with Crippen LogP contribution in [0.3, 0.4) is 0 Å². The molecule has 2 aromatic carbocycles. The standard InChI is InChI=1S/C21H20F2N2O2/c1-14-6-4-7-16(21(27)25-12-2-3-13-25)20(14)24-19(26)11-10-15-17(22)8-5-9-18(15)23/h4-11H,2-3,12-13H2,1H3,(H,24,26)/b11-10+. The number of benzene rings is 2. The first-order chi connectivity index (χ1) is 13.0. The zero-order valence-corrected chi connectivity index (χ0v) is 15.0. The average Bonchev–Trinajstić information content (AvgIpc) is 3.17. The van der Waals surface area contributed by atoms with Crippen molar-refractivity contribution >= 4 is 23.6 Å². The van der Waals surface area contributed by atoms with Gasteiger partial charge in [0.15, 0.2) is 0 Å². The Morgan fingerprint density at radius 3 is 2.33 bits per heavy atom. The van der Waals surface area contributed by atoms with Crippen LogP contribution in [-0.4, -0.2) is 29.8 Å². The Labute approximate surface area is 156 Å². The largest absolute Gasteiger partial charge is 0.339 e. The van der Waals surface area contributed by atoms with E-state index in [2.05, 4.69) is 5.32 Å². The highest BCUT2D eigenvalue weighted by molar-refractivity contribution is 6.08. The van der Waals surface area contributed by atoms with E-state index in [-0.39, 0.29) is 11.5 Å². The minimum absolute atomic E-state index is 0.129. The highest BCUT2D eigenvalue weighted by Crippen LogP contribution is 2.24. The molecule has 1 N–H and O–H groups in total. The van der Waals surface area contributed by atoms with E-state index in [4.69, 9.17) is 0 Å². The maximum Gasteiger partial charge on any atom is 0.255 e. The predicted molar refractivity (Wildman–Crippen MR) is 100 cm³/mol. The Hall–Kier alpha value is -3.02. The topological polar surface area (TPSA) is 49.4 Å². The molecular weight excluding hydrogens is 350 g/mol. The first-order valence-electron chi connectivity index (χ1n) is 8.79. The van der Waals surface area contributed by atoms with E-state index in [1.807, 2.05) is 0 Å². The molecule has 0 saturated carbocycles. The number of hydrogen-bond acceptors (Lipinski definition) is 2. The molecule has 2 amide bonds. The number of halogens is 2. The zero-order chi connectivity index (χ0) is 19.4. The highest BCUT2D eigenvalue weighted by atomic mass is 19.1. The molecular formula is C21H20F2N2O2. The molecule has 1 fully saturated rings. The number of para-hydroxylation sites is 1. The number of carbonyl (C=O) groups excluding carboxylic acids is 2. The Kier molecular flexibility index (Phi) is 5.64. The minimum Gasteiger partial charge on any atom is -0.339 e. The van der Waals surface area contributed by atoms with Crippen molar-refractivity contribution < 1.29 is 18.4 Å². The molecule has 4 nitrogen and oxygen atoms in total. The fourth-order valence-electron chi connectivity index (χ4n) is 3.10. The van der Waals surface area contributed by atoms with Crippen LogP contribution in [0.5, 0.6) is 0 Å². The highest BCUT2D eigenvalue weighted by Gasteiger charge is 2.23. The third-order valence-corrected chi connectivity index (χ3v) is 4.55. The van der Waals surface area contributed by atoms with Crippen LogP contribution >= 0.6 is 0 Å². The normalized spacial score (nSPS) is 14.0. The lowest BCUT2D eigenvalue weighted by atomic mass is 10.1. The van der Waals surface area contributed by atoms with Crippen molar-refractivity contribution in [3.8, 4) is 0 Å². The minimum atomic E-state index is -0.750. The molecule has 1 heterocycles. The van der Waals surface area contributed by atoms with Gasteiger partial charge in [0, 0.05) is 24.7 Å². The second kappa shape index (κ2) is 8.12. The Balaban J connectivity index is 1.81. The van der Waals surface area contributed by atoms with E-state index in [1.165, 1.54) is 6.07 Å². The smallest absolute Gasteiger partial charge is 0.255 e. The summed E-state index contributed by atoms with van der Waals surface area (Å²) in [5, 5.41) is 2.67. The molecule has 0 bridgehead atoms. The summed E-state index contributed by atoms with van der Waals surface area (Å²) in [5.41, 5.74) is 1.28. The summed E-state index contributed by atoms with van der Waals surface area (Å²) in [6, 6.07) is 8.72. The van der Waals surface area contributed by atoms with E-state index < -0.39 is 17.5 Å². The number of carbonyl (C=O) groups is 2. The van der Waals surface area contributed by atoms with Crippen molar-refractivity contribution in [3.05, 3.63) is 70.8 Å². The Bertz CT molecular complexity index is 883. The summed E-state index contributed by atoms with van der Waals surface area (Å²) in [6.45, 7) is 3.19. The molecule has 0 atom stereocenters. The summed E-state index contributed by atoms with van der Waals surface area (Å²) >= 11 is 0. The molecule has 3 rings (SSSR count). The monoisotopic (exact) mass is 370 g/mol. The van der Waals surface area contributed by atoms with Crippen molar-refractivity contribution in [3.63, 3.8) is 0 Å². The third kappa shape index (κ3) is 4.22. The van der Waals surface area contributed by atoms with Gasteiger partial charge < -0.3 is 10.2 Å². The summed E-state index contributed by atoms with van der Waals surface area (Å²) in [5.74, 6) is -2.20. The molecule has 0 aliphatic carbocycles. The number of nitrogens with one attached hydrogen (secondary N) is 1. The van der Waals surface area contributed by atoms with Gasteiger partial charge in [-0.3, -0.25) is 9.59 Å². The van der Waals surface area contributed by atoms with Crippen LogP contribution in [0.1, 0.15) is 34.3 Å². The maximum absolute atomic E-state index is 13.7. The van der Waals surface area contributed by atoms with E-state index >= 15 is 0 Å². The van der Waals surface area contributed by atoms with Crippen molar-refractivity contribution in [2.45, 2.75) is 19.8 Å². The van der Waals surface area contributed by atoms with E-state index in [9.17, 15) is 18.4 Å². The number of hydrogen-bond donors (Lipinski definition) is 1. The number of amides is 2. The quantitative estimate of drug-likeness (QED) is 0.822. The van der Waals surface area contributed by atoms with Gasteiger partial charge in [0.25, 0.3) is 5.91 Å². The molecule has 0 spiro atoms. The first-order valence-corrected chi connectivity index (χ1v) is 8.79. The Morgan fingerprint density at radius 2 is 1.67 bits per heavy atom. The van der Waals surface area contributed by atoms with Gasteiger partial charge in [0.2, 0.25) is 5.91 Å². The van der Waals surface area contributed by atoms with E-state index in [0.717, 1.165) is 42.7 Å². The molecule has 27 heavy (non-hydrogen) atoms. The van der Waals surface area contributed by atoms with Crippen LogP contribution in [0.25, 0.3) is 6.08 Å². The van der Waals surface area contributed by atoms with Crippen LogP contribution in [0.2, 0.25) is 0 Å². The lowest BCUT2D eigenvalue weighted by Gasteiger charge is -2.19. The Morgan fingerprint density at radius 1 is 1.04 bits per heavy atom. The lowest BCUT2D eigenvalue weighted by Crippen LogP contribution is -2.29. The molecule has 6 heteroatoms. The second-order valence-corrected chi connectivity index (χ2v) is 6.45. The molecule has 0 unspecified atom stereocenters. The lowest BCUT2D eigenvalue weighted by molar-refractivity contribution is -0.111. The molecule has 2 aromatic rings. The van der Waals surface area contributed by atoms with Gasteiger partial charge in [-0.05, 0) is 49.6 Å². The van der Waals surface area contributed by atoms with Crippen molar-refractivity contribution in [1.29, 1.82) is 0 Å². The van der Waals surface area contributed by atoms with Crippen LogP contribution in [-0.2, 0) is 4.79 Å². The third-order valence-electron chi connectivity index (χ3n) is 4.55. The van der Waals surface area contributed by atoms with Gasteiger partial charge in [-0.2, -0.15) is 0 Å². The van der Waals surface area contributed by atoms with Gasteiger partial charge in [-0.1, -0.05) is 18.2 Å². The van der Waals surface area contributed by atoms with Crippen LogP contribution in [0.4, 0.5) is 14.5 Å². The number of likely N-dealkylation sites (tertiary alicyclic amines) is 1.